The molecule has 0 aliphatic carbocycles. The van der Waals surface area contributed by atoms with E-state index in [1.54, 1.807) is 29.5 Å². The molecule has 2 aromatic carbocycles. The van der Waals surface area contributed by atoms with Gasteiger partial charge in [-0.25, -0.2) is 8.78 Å². The minimum atomic E-state index is -0.577. The van der Waals surface area contributed by atoms with Crippen LogP contribution in [0.5, 0.6) is 0 Å². The van der Waals surface area contributed by atoms with Crippen molar-refractivity contribution in [2.24, 2.45) is 0 Å². The third kappa shape index (κ3) is 8.91. The molecule has 0 bridgehead atoms. The topological polar surface area (TPSA) is 54.8 Å². The Balaban J connectivity index is 1.12. The fraction of sp³-hybridized carbons (Fsp3) is 0.500. The van der Waals surface area contributed by atoms with Crippen molar-refractivity contribution in [1.29, 1.82) is 0 Å². The van der Waals surface area contributed by atoms with Crippen molar-refractivity contribution >= 4 is 44.0 Å². The molecule has 0 N–H and O–H groups in total. The first-order valence-electron chi connectivity index (χ1n) is 16.5. The van der Waals surface area contributed by atoms with Crippen LogP contribution in [0.3, 0.4) is 0 Å². The summed E-state index contributed by atoms with van der Waals surface area (Å²) in [4.78, 5) is 29.8. The third-order valence-electron chi connectivity index (χ3n) is 8.91. The van der Waals surface area contributed by atoms with Crippen molar-refractivity contribution in [3.05, 3.63) is 75.4 Å². The molecular formula is C36H45F2N3O3S. The monoisotopic (exact) mass is 637 g/mol. The summed E-state index contributed by atoms with van der Waals surface area (Å²) in [6.45, 7) is 6.12. The predicted octanol–water partition coefficient (Wildman–Crippen LogP) is 8.28. The normalized spacial score (nSPS) is 14.1. The van der Waals surface area contributed by atoms with E-state index in [0.29, 0.717) is 17.3 Å². The first kappa shape index (κ1) is 33.1. The van der Waals surface area contributed by atoms with Crippen LogP contribution in [-0.4, -0.2) is 48.2 Å². The Morgan fingerprint density at radius 3 is 2.36 bits per heavy atom. The van der Waals surface area contributed by atoms with Gasteiger partial charge in [0.05, 0.1) is 5.52 Å². The number of rotatable bonds is 16. The fourth-order valence-corrected chi connectivity index (χ4v) is 7.07. The van der Waals surface area contributed by atoms with Crippen LogP contribution >= 0.6 is 11.3 Å². The van der Waals surface area contributed by atoms with Gasteiger partial charge in [0.15, 0.2) is 6.73 Å². The number of pyridine rings is 1. The van der Waals surface area contributed by atoms with Gasteiger partial charge in [-0.2, -0.15) is 0 Å². The van der Waals surface area contributed by atoms with Crippen LogP contribution < -0.4 is 10.5 Å². The van der Waals surface area contributed by atoms with Crippen molar-refractivity contribution in [3.8, 4) is 0 Å². The Labute approximate surface area is 268 Å². The van der Waals surface area contributed by atoms with E-state index in [-0.39, 0.29) is 18.5 Å². The average Bonchev–Trinajstić information content (AvgIpc) is 3.51. The van der Waals surface area contributed by atoms with E-state index < -0.39 is 11.4 Å². The van der Waals surface area contributed by atoms with Gasteiger partial charge in [0.2, 0.25) is 0 Å². The summed E-state index contributed by atoms with van der Waals surface area (Å²) in [5.41, 5.74) is 1.84. The smallest absolute Gasteiger partial charge is 0.307 e. The highest BCUT2D eigenvalue weighted by Gasteiger charge is 2.20. The molecule has 1 aliphatic rings. The summed E-state index contributed by atoms with van der Waals surface area (Å²) >= 11 is 1.55. The number of anilines is 1. The summed E-state index contributed by atoms with van der Waals surface area (Å²) in [6, 6.07) is 11.7. The predicted molar refractivity (Wildman–Crippen MR) is 180 cm³/mol. The van der Waals surface area contributed by atoms with Crippen molar-refractivity contribution < 1.29 is 18.3 Å². The van der Waals surface area contributed by atoms with Crippen LogP contribution in [-0.2, 0) is 22.7 Å². The number of fused-ring (bicyclic) bond motifs is 2. The van der Waals surface area contributed by atoms with E-state index >= 15 is 0 Å². The van der Waals surface area contributed by atoms with Gasteiger partial charge in [-0.05, 0) is 54.1 Å². The van der Waals surface area contributed by atoms with E-state index in [1.807, 2.05) is 17.5 Å². The Bertz CT molecular complexity index is 1630. The highest BCUT2D eigenvalue weighted by atomic mass is 32.1. The molecule has 242 valence electrons. The van der Waals surface area contributed by atoms with E-state index in [2.05, 4.69) is 22.8 Å². The van der Waals surface area contributed by atoms with Gasteiger partial charge in [0.1, 0.15) is 11.6 Å². The fourth-order valence-electron chi connectivity index (χ4n) is 6.24. The lowest BCUT2D eigenvalue weighted by atomic mass is 10.1. The zero-order valence-corrected chi connectivity index (χ0v) is 27.2. The zero-order chi connectivity index (χ0) is 31.6. The molecule has 0 spiro atoms. The summed E-state index contributed by atoms with van der Waals surface area (Å²) in [5, 5.41) is 3.43. The minimum Gasteiger partial charge on any atom is -0.444 e. The summed E-state index contributed by atoms with van der Waals surface area (Å²) in [5.74, 6) is -1.12. The lowest BCUT2D eigenvalue weighted by Gasteiger charge is -2.36. The number of benzene rings is 2. The summed E-state index contributed by atoms with van der Waals surface area (Å²) in [6.07, 6.45) is 11.5. The number of halogens is 2. The molecule has 0 atom stereocenters. The van der Waals surface area contributed by atoms with Gasteiger partial charge in [0.25, 0.3) is 5.56 Å². The number of ether oxygens (including phenoxy) is 1. The van der Waals surface area contributed by atoms with Gasteiger partial charge in [-0.15, -0.1) is 11.3 Å². The third-order valence-corrected chi connectivity index (χ3v) is 9.77. The largest absolute Gasteiger partial charge is 0.444 e. The van der Waals surface area contributed by atoms with Gasteiger partial charge >= 0.3 is 5.97 Å². The highest BCUT2D eigenvalue weighted by Crippen LogP contribution is 2.32. The first-order valence-corrected chi connectivity index (χ1v) is 17.4. The van der Waals surface area contributed by atoms with Crippen molar-refractivity contribution in [3.63, 3.8) is 0 Å². The molecule has 1 fully saturated rings. The molecule has 0 amide bonds. The maximum Gasteiger partial charge on any atom is 0.307 e. The van der Waals surface area contributed by atoms with Gasteiger partial charge in [-0.3, -0.25) is 19.1 Å². The zero-order valence-electron chi connectivity index (χ0n) is 26.4. The number of esters is 1. The number of hydrogen-bond acceptors (Lipinski definition) is 6. The number of piperazine rings is 1. The maximum atomic E-state index is 14.7. The number of carbonyl (C=O) groups excluding carboxylic acids is 1. The Morgan fingerprint density at radius 2 is 1.60 bits per heavy atom. The molecule has 3 heterocycles. The number of hydrogen-bond donors (Lipinski definition) is 0. The number of carbonyl (C=O) groups is 1. The first-order chi connectivity index (χ1) is 21.9. The summed E-state index contributed by atoms with van der Waals surface area (Å²) < 4.78 is 36.7. The number of aromatic nitrogens is 1. The molecule has 1 aliphatic heterocycles. The molecule has 5 rings (SSSR count). The quantitative estimate of drug-likeness (QED) is 0.0914. The molecule has 0 radical (unpaired) electrons. The SMILES string of the molecule is CCCCCCCCCCCC(=O)OCn1c(=O)cc(F)c2ccc(CCN3CCN(c4cc(F)cc5sccc45)CC3)cc21. The van der Waals surface area contributed by atoms with Crippen LogP contribution in [0.2, 0.25) is 0 Å². The van der Waals surface area contributed by atoms with Crippen molar-refractivity contribution in [2.45, 2.75) is 84.3 Å². The lowest BCUT2D eigenvalue weighted by molar-refractivity contribution is -0.147. The number of unbranched alkanes of at least 4 members (excludes halogenated alkanes) is 8. The molecule has 0 unspecified atom stereocenters. The second kappa shape index (κ2) is 16.3. The van der Waals surface area contributed by atoms with E-state index in [9.17, 15) is 18.4 Å². The Hall–Kier alpha value is -3.30. The van der Waals surface area contributed by atoms with Crippen LogP contribution in [0, 0.1) is 11.6 Å². The van der Waals surface area contributed by atoms with Gasteiger partial charge in [0, 0.05) is 66.4 Å². The number of nitrogens with zero attached hydrogens (tertiary/aromatic N) is 3. The second-order valence-corrected chi connectivity index (χ2v) is 13.1. The Morgan fingerprint density at radius 1 is 0.867 bits per heavy atom. The highest BCUT2D eigenvalue weighted by molar-refractivity contribution is 7.17. The molecule has 4 aromatic rings. The minimum absolute atomic E-state index is 0.206. The maximum absolute atomic E-state index is 14.7. The van der Waals surface area contributed by atoms with E-state index in [0.717, 1.165) is 85.8 Å². The van der Waals surface area contributed by atoms with Crippen LogP contribution in [0.4, 0.5) is 14.5 Å². The molecule has 6 nitrogen and oxygen atoms in total. The Kier molecular flexibility index (Phi) is 12.0. The molecular weight excluding hydrogens is 592 g/mol. The summed E-state index contributed by atoms with van der Waals surface area (Å²) in [7, 11) is 0. The van der Waals surface area contributed by atoms with E-state index in [4.69, 9.17) is 4.74 Å². The molecule has 2 aromatic heterocycles. The molecule has 1 saturated heterocycles. The van der Waals surface area contributed by atoms with Crippen LogP contribution in [0.25, 0.3) is 21.0 Å². The molecule has 45 heavy (non-hydrogen) atoms. The van der Waals surface area contributed by atoms with Crippen LogP contribution in [0.1, 0.15) is 76.7 Å². The average molecular weight is 638 g/mol. The molecule has 9 heteroatoms. The van der Waals surface area contributed by atoms with E-state index in [1.165, 1.54) is 43.1 Å². The molecule has 0 saturated carbocycles. The van der Waals surface area contributed by atoms with Gasteiger partial charge < -0.3 is 9.64 Å². The standard InChI is InChI=1S/C36H45F2N3O3S/c1-2-3-4-5-6-7-8-9-10-11-36(43)44-26-41-33-22-27(12-13-29(33)31(38)25-35(41)42)14-16-39-17-19-40(20-18-39)32-23-28(37)24-34-30(32)15-21-45-34/h12-13,15,21-25H,2-11,14,16-20,26H2,1H3. The second-order valence-electron chi connectivity index (χ2n) is 12.2. The lowest BCUT2D eigenvalue weighted by Crippen LogP contribution is -2.47. The number of thiophene rings is 1. The van der Waals surface area contributed by atoms with Gasteiger partial charge in [-0.1, -0.05) is 64.4 Å². The van der Waals surface area contributed by atoms with Crippen molar-refractivity contribution in [1.82, 2.24) is 9.47 Å². The van der Waals surface area contributed by atoms with Crippen molar-refractivity contribution in [2.75, 3.05) is 37.6 Å². The van der Waals surface area contributed by atoms with Crippen LogP contribution in [0.15, 0.2) is 52.6 Å².